The van der Waals surface area contributed by atoms with Gasteiger partial charge in [0.15, 0.2) is 0 Å². The second-order valence-electron chi connectivity index (χ2n) is 8.90. The molecular formula is C22H33N3OS. The van der Waals surface area contributed by atoms with Crippen LogP contribution in [-0.2, 0) is 0 Å². The maximum atomic E-state index is 13.1. The topological polar surface area (TPSA) is 36.4 Å². The number of piperidine rings is 2. The molecule has 1 atom stereocenters. The summed E-state index contributed by atoms with van der Waals surface area (Å²) in [5, 5.41) is 3.18. The fourth-order valence-corrected chi connectivity index (χ4v) is 5.95. The molecule has 1 aromatic rings. The van der Waals surface area contributed by atoms with Gasteiger partial charge in [-0.25, -0.2) is 4.98 Å². The summed E-state index contributed by atoms with van der Waals surface area (Å²) in [6.07, 6.45) is 10.6. The highest BCUT2D eigenvalue weighted by Gasteiger charge is 2.32. The van der Waals surface area contributed by atoms with E-state index in [4.69, 9.17) is 4.98 Å². The van der Waals surface area contributed by atoms with E-state index in [1.807, 2.05) is 10.3 Å². The molecule has 2 aliphatic heterocycles. The van der Waals surface area contributed by atoms with Gasteiger partial charge in [0.2, 0.25) is 0 Å². The zero-order valence-corrected chi connectivity index (χ0v) is 17.6. The summed E-state index contributed by atoms with van der Waals surface area (Å²) in [6.45, 7) is 8.95. The SMILES string of the molecule is CC(C)CN1CCC(c2nc(C(=O)N3CCCC4CCCC=C43)cs2)CC1. The molecule has 2 saturated heterocycles. The maximum Gasteiger partial charge on any atom is 0.277 e. The van der Waals surface area contributed by atoms with E-state index in [1.54, 1.807) is 11.3 Å². The van der Waals surface area contributed by atoms with E-state index in [9.17, 15) is 4.79 Å². The van der Waals surface area contributed by atoms with Gasteiger partial charge in [0.25, 0.3) is 5.91 Å². The third-order valence-electron chi connectivity index (χ3n) is 6.32. The van der Waals surface area contributed by atoms with Gasteiger partial charge in [-0.15, -0.1) is 11.3 Å². The van der Waals surface area contributed by atoms with Crippen molar-refractivity contribution in [2.75, 3.05) is 26.2 Å². The standard InChI is InChI=1S/C22H33N3OS/c1-16(2)14-24-12-9-18(10-13-24)21-23-19(15-27-21)22(26)25-11-5-7-17-6-3-4-8-20(17)25/h8,15-18H,3-7,9-14H2,1-2H3. The predicted molar refractivity (Wildman–Crippen MR) is 111 cm³/mol. The minimum atomic E-state index is 0.132. The molecule has 0 aromatic carbocycles. The molecule has 148 valence electrons. The number of rotatable bonds is 4. The van der Waals surface area contributed by atoms with E-state index in [2.05, 4.69) is 24.8 Å². The van der Waals surface area contributed by atoms with Crippen LogP contribution in [0.1, 0.15) is 80.2 Å². The summed E-state index contributed by atoms with van der Waals surface area (Å²) < 4.78 is 0. The summed E-state index contributed by atoms with van der Waals surface area (Å²) in [6, 6.07) is 0. The van der Waals surface area contributed by atoms with Crippen molar-refractivity contribution < 1.29 is 4.79 Å². The number of fused-ring (bicyclic) bond motifs is 1. The van der Waals surface area contributed by atoms with Crippen LogP contribution < -0.4 is 0 Å². The lowest BCUT2D eigenvalue weighted by molar-refractivity contribution is 0.0743. The number of carbonyl (C=O) groups excluding carboxylic acids is 1. The molecule has 0 bridgehead atoms. The molecule has 27 heavy (non-hydrogen) atoms. The third-order valence-corrected chi connectivity index (χ3v) is 7.33. The second kappa shape index (κ2) is 8.44. The predicted octanol–water partition coefficient (Wildman–Crippen LogP) is 4.90. The van der Waals surface area contributed by atoms with E-state index in [1.165, 1.54) is 49.4 Å². The van der Waals surface area contributed by atoms with Crippen molar-refractivity contribution in [1.29, 1.82) is 0 Å². The highest BCUT2D eigenvalue weighted by atomic mass is 32.1. The average Bonchev–Trinajstić information content (AvgIpc) is 3.17. The van der Waals surface area contributed by atoms with Crippen LogP contribution in [0.4, 0.5) is 0 Å². The maximum absolute atomic E-state index is 13.1. The number of thiazole rings is 1. The lowest BCUT2D eigenvalue weighted by Crippen LogP contribution is -2.39. The van der Waals surface area contributed by atoms with Gasteiger partial charge in [0.05, 0.1) is 5.01 Å². The Hall–Kier alpha value is -1.20. The van der Waals surface area contributed by atoms with Gasteiger partial charge in [0.1, 0.15) is 5.69 Å². The summed E-state index contributed by atoms with van der Waals surface area (Å²) in [5.74, 6) is 1.99. The lowest BCUT2D eigenvalue weighted by Gasteiger charge is -2.37. The molecule has 0 saturated carbocycles. The number of hydrogen-bond acceptors (Lipinski definition) is 4. The zero-order valence-electron chi connectivity index (χ0n) is 16.8. The summed E-state index contributed by atoms with van der Waals surface area (Å²) in [7, 11) is 0. The Morgan fingerprint density at radius 1 is 1.15 bits per heavy atom. The van der Waals surface area contributed by atoms with E-state index < -0.39 is 0 Å². The fourth-order valence-electron chi connectivity index (χ4n) is 4.99. The van der Waals surface area contributed by atoms with Gasteiger partial charge < -0.3 is 9.80 Å². The van der Waals surface area contributed by atoms with Gasteiger partial charge in [-0.05, 0) is 69.9 Å². The number of nitrogens with zero attached hydrogens (tertiary/aromatic N) is 3. The molecule has 1 unspecified atom stereocenters. The first-order valence-corrected chi connectivity index (χ1v) is 11.7. The van der Waals surface area contributed by atoms with Crippen LogP contribution >= 0.6 is 11.3 Å². The van der Waals surface area contributed by atoms with E-state index in [0.29, 0.717) is 17.5 Å². The molecule has 1 aromatic heterocycles. The first kappa shape index (κ1) is 19.1. The number of hydrogen-bond donors (Lipinski definition) is 0. The van der Waals surface area contributed by atoms with Gasteiger partial charge in [-0.2, -0.15) is 0 Å². The molecule has 0 N–H and O–H groups in total. The van der Waals surface area contributed by atoms with Crippen molar-refractivity contribution in [2.24, 2.45) is 11.8 Å². The highest BCUT2D eigenvalue weighted by molar-refractivity contribution is 7.09. The highest BCUT2D eigenvalue weighted by Crippen LogP contribution is 2.36. The number of carbonyl (C=O) groups is 1. The molecule has 3 heterocycles. The molecule has 4 nitrogen and oxygen atoms in total. The Labute approximate surface area is 167 Å². The Bertz CT molecular complexity index is 687. The lowest BCUT2D eigenvalue weighted by atomic mass is 9.85. The number of amides is 1. The van der Waals surface area contributed by atoms with Gasteiger partial charge in [-0.1, -0.05) is 19.9 Å². The van der Waals surface area contributed by atoms with Gasteiger partial charge >= 0.3 is 0 Å². The number of allylic oxidation sites excluding steroid dienone is 2. The Kier molecular flexibility index (Phi) is 5.98. The molecule has 1 amide bonds. The van der Waals surface area contributed by atoms with Crippen LogP contribution in [0.2, 0.25) is 0 Å². The van der Waals surface area contributed by atoms with Crippen LogP contribution in [0.3, 0.4) is 0 Å². The molecule has 2 fully saturated rings. The van der Waals surface area contributed by atoms with Gasteiger partial charge in [0, 0.05) is 30.1 Å². The normalized spacial score (nSPS) is 24.8. The molecule has 5 heteroatoms. The monoisotopic (exact) mass is 387 g/mol. The Morgan fingerprint density at radius 2 is 1.93 bits per heavy atom. The van der Waals surface area contributed by atoms with E-state index in [-0.39, 0.29) is 5.91 Å². The van der Waals surface area contributed by atoms with Crippen molar-refractivity contribution >= 4 is 17.2 Å². The summed E-state index contributed by atoms with van der Waals surface area (Å²) in [5.41, 5.74) is 1.96. The Morgan fingerprint density at radius 3 is 2.70 bits per heavy atom. The van der Waals surface area contributed by atoms with Crippen molar-refractivity contribution in [3.63, 3.8) is 0 Å². The Balaban J connectivity index is 1.40. The van der Waals surface area contributed by atoms with Crippen molar-refractivity contribution in [3.8, 4) is 0 Å². The first-order valence-electron chi connectivity index (χ1n) is 10.8. The molecular weight excluding hydrogens is 354 g/mol. The first-order chi connectivity index (χ1) is 13.1. The van der Waals surface area contributed by atoms with Crippen LogP contribution in [0.15, 0.2) is 17.2 Å². The molecule has 4 rings (SSSR count). The average molecular weight is 388 g/mol. The minimum absolute atomic E-state index is 0.132. The zero-order chi connectivity index (χ0) is 18.8. The minimum Gasteiger partial charge on any atom is -0.311 e. The van der Waals surface area contributed by atoms with Crippen LogP contribution in [0.25, 0.3) is 0 Å². The third kappa shape index (κ3) is 4.29. The second-order valence-corrected chi connectivity index (χ2v) is 9.79. The van der Waals surface area contributed by atoms with E-state index >= 15 is 0 Å². The number of likely N-dealkylation sites (tertiary alicyclic amines) is 2. The van der Waals surface area contributed by atoms with Crippen LogP contribution in [-0.4, -0.2) is 46.9 Å². The van der Waals surface area contributed by atoms with Crippen LogP contribution in [0.5, 0.6) is 0 Å². The smallest absolute Gasteiger partial charge is 0.277 e. The molecule has 3 aliphatic rings. The van der Waals surface area contributed by atoms with Crippen molar-refractivity contribution in [3.05, 3.63) is 27.9 Å². The molecule has 1 aliphatic carbocycles. The van der Waals surface area contributed by atoms with E-state index in [0.717, 1.165) is 38.4 Å². The molecule has 0 spiro atoms. The summed E-state index contributed by atoms with van der Waals surface area (Å²) >= 11 is 1.70. The fraction of sp³-hybridized carbons (Fsp3) is 0.727. The van der Waals surface area contributed by atoms with Crippen LogP contribution in [0, 0.1) is 11.8 Å². The number of aromatic nitrogens is 1. The van der Waals surface area contributed by atoms with Crippen molar-refractivity contribution in [2.45, 2.75) is 64.7 Å². The quantitative estimate of drug-likeness (QED) is 0.737. The molecule has 0 radical (unpaired) electrons. The largest absolute Gasteiger partial charge is 0.311 e. The van der Waals surface area contributed by atoms with Crippen molar-refractivity contribution in [1.82, 2.24) is 14.8 Å². The summed E-state index contributed by atoms with van der Waals surface area (Å²) in [4.78, 5) is 22.6. The van der Waals surface area contributed by atoms with Gasteiger partial charge in [-0.3, -0.25) is 4.79 Å².